The second-order valence-electron chi connectivity index (χ2n) is 5.96. The Labute approximate surface area is 135 Å². The van der Waals surface area contributed by atoms with Crippen LogP contribution in [0.3, 0.4) is 0 Å². The summed E-state index contributed by atoms with van der Waals surface area (Å²) in [7, 11) is 0. The van der Waals surface area contributed by atoms with Gasteiger partial charge < -0.3 is 5.32 Å². The van der Waals surface area contributed by atoms with Gasteiger partial charge >= 0.3 is 0 Å². The predicted octanol–water partition coefficient (Wildman–Crippen LogP) is 4.68. The average Bonchev–Trinajstić information content (AvgIpc) is 2.56. The molecule has 0 aliphatic carbocycles. The fourth-order valence-corrected chi connectivity index (χ4v) is 2.52. The molecule has 0 spiro atoms. The zero-order chi connectivity index (χ0) is 16.4. The maximum atomic E-state index is 9.35. The summed E-state index contributed by atoms with van der Waals surface area (Å²) < 4.78 is 0. The first-order chi connectivity index (χ1) is 11.1. The van der Waals surface area contributed by atoms with Crippen molar-refractivity contribution in [1.82, 2.24) is 10.2 Å². The molecule has 3 rings (SSSR count). The van der Waals surface area contributed by atoms with Crippen LogP contribution < -0.4 is 5.32 Å². The van der Waals surface area contributed by atoms with Crippen LogP contribution in [0.4, 0.5) is 11.4 Å². The molecule has 0 unspecified atom stereocenters. The highest BCUT2D eigenvalue weighted by Crippen LogP contribution is 2.28. The van der Waals surface area contributed by atoms with E-state index in [0.717, 1.165) is 22.2 Å². The summed E-state index contributed by atoms with van der Waals surface area (Å²) in [5.74, 6) is 0.491. The third-order valence-corrected chi connectivity index (χ3v) is 3.87. The minimum atomic E-state index is 0.302. The molecule has 0 amide bonds. The highest BCUT2D eigenvalue weighted by molar-refractivity contribution is 5.95. The van der Waals surface area contributed by atoms with Crippen LogP contribution in [0.25, 0.3) is 10.9 Å². The Morgan fingerprint density at radius 1 is 1.04 bits per heavy atom. The van der Waals surface area contributed by atoms with Crippen LogP contribution in [-0.2, 0) is 0 Å². The van der Waals surface area contributed by atoms with E-state index in [1.54, 1.807) is 0 Å². The van der Waals surface area contributed by atoms with Gasteiger partial charge in [0.2, 0.25) is 0 Å². The smallest absolute Gasteiger partial charge is 0.187 e. The van der Waals surface area contributed by atoms with E-state index in [1.807, 2.05) is 37.3 Å². The third kappa shape index (κ3) is 3.00. The average molecular weight is 302 g/mol. The molecule has 4 heteroatoms. The molecule has 0 radical (unpaired) electrons. The van der Waals surface area contributed by atoms with Gasteiger partial charge in [-0.2, -0.15) is 5.26 Å². The van der Waals surface area contributed by atoms with Crippen LogP contribution in [0.15, 0.2) is 42.5 Å². The van der Waals surface area contributed by atoms with Crippen LogP contribution in [0.1, 0.15) is 36.6 Å². The molecule has 0 atom stereocenters. The summed E-state index contributed by atoms with van der Waals surface area (Å²) >= 11 is 0. The molecule has 1 N–H and O–H groups in total. The first-order valence-corrected chi connectivity index (χ1v) is 7.62. The summed E-state index contributed by atoms with van der Waals surface area (Å²) in [5, 5.41) is 21.7. The Bertz CT molecular complexity index is 890. The molecule has 23 heavy (non-hydrogen) atoms. The van der Waals surface area contributed by atoms with Crippen LogP contribution in [0.2, 0.25) is 0 Å². The summed E-state index contributed by atoms with van der Waals surface area (Å²) in [6, 6.07) is 16.3. The normalized spacial score (nSPS) is 10.7. The quantitative estimate of drug-likeness (QED) is 0.763. The number of nitrogens with one attached hydrogen (secondary N) is 1. The maximum absolute atomic E-state index is 9.35. The predicted molar refractivity (Wildman–Crippen MR) is 92.8 cm³/mol. The molecule has 0 aliphatic rings. The van der Waals surface area contributed by atoms with Gasteiger partial charge in [0.05, 0.1) is 11.2 Å². The molecule has 3 aromatic rings. The van der Waals surface area contributed by atoms with E-state index in [1.165, 1.54) is 5.56 Å². The van der Waals surface area contributed by atoms with Crippen molar-refractivity contribution in [3.63, 3.8) is 0 Å². The topological polar surface area (TPSA) is 61.6 Å². The molecule has 0 fully saturated rings. The third-order valence-electron chi connectivity index (χ3n) is 3.87. The number of hydrogen-bond donors (Lipinski definition) is 1. The lowest BCUT2D eigenvalue weighted by molar-refractivity contribution is 0.867. The first kappa shape index (κ1) is 15.0. The van der Waals surface area contributed by atoms with Gasteiger partial charge in [-0.1, -0.05) is 37.6 Å². The molecule has 4 nitrogen and oxygen atoms in total. The van der Waals surface area contributed by atoms with Crippen molar-refractivity contribution in [3.05, 3.63) is 59.3 Å². The lowest BCUT2D eigenvalue weighted by atomic mass is 10.0. The van der Waals surface area contributed by atoms with Crippen molar-refractivity contribution in [2.24, 2.45) is 0 Å². The van der Waals surface area contributed by atoms with Crippen molar-refractivity contribution in [1.29, 1.82) is 5.26 Å². The minimum Gasteiger partial charge on any atom is -0.353 e. The summed E-state index contributed by atoms with van der Waals surface area (Å²) in [6.45, 7) is 6.35. The molecule has 2 aromatic carbocycles. The van der Waals surface area contributed by atoms with Crippen molar-refractivity contribution in [2.45, 2.75) is 26.7 Å². The van der Waals surface area contributed by atoms with Crippen LogP contribution in [-0.4, -0.2) is 10.2 Å². The van der Waals surface area contributed by atoms with Crippen LogP contribution in [0, 0.1) is 18.3 Å². The molecule has 0 saturated heterocycles. The standard InChI is InChI=1S/C19H18N4/c1-12(2)14-5-7-15(8-6-14)21-19-16-10-13(3)4-9-17(16)22-23-18(19)11-20/h4-10,12H,1-3H3,(H,21,22). The number of nitriles is 1. The zero-order valence-corrected chi connectivity index (χ0v) is 13.5. The van der Waals surface area contributed by atoms with E-state index in [-0.39, 0.29) is 0 Å². The Hall–Kier alpha value is -2.93. The second kappa shape index (κ2) is 6.05. The highest BCUT2D eigenvalue weighted by Gasteiger charge is 2.11. The van der Waals surface area contributed by atoms with Crippen molar-refractivity contribution < 1.29 is 0 Å². The fourth-order valence-electron chi connectivity index (χ4n) is 2.52. The number of aromatic nitrogens is 2. The van der Waals surface area contributed by atoms with E-state index in [2.05, 4.69) is 47.6 Å². The van der Waals surface area contributed by atoms with Crippen LogP contribution in [0.5, 0.6) is 0 Å². The zero-order valence-electron chi connectivity index (χ0n) is 13.5. The molecule has 0 aliphatic heterocycles. The summed E-state index contributed by atoms with van der Waals surface area (Å²) in [5.41, 5.74) is 5.12. The number of fused-ring (bicyclic) bond motifs is 1. The highest BCUT2D eigenvalue weighted by atomic mass is 15.1. The Morgan fingerprint density at radius 3 is 2.43 bits per heavy atom. The molecule has 0 bridgehead atoms. The monoisotopic (exact) mass is 302 g/mol. The molecular formula is C19H18N4. The molecular weight excluding hydrogens is 284 g/mol. The van der Waals surface area contributed by atoms with Gasteiger partial charge in [0.25, 0.3) is 0 Å². The summed E-state index contributed by atoms with van der Waals surface area (Å²) in [6.07, 6.45) is 0. The van der Waals surface area contributed by atoms with E-state index in [4.69, 9.17) is 0 Å². The van der Waals surface area contributed by atoms with Crippen molar-refractivity contribution in [3.8, 4) is 6.07 Å². The van der Waals surface area contributed by atoms with Gasteiger partial charge in [-0.25, -0.2) is 0 Å². The molecule has 114 valence electrons. The Kier molecular flexibility index (Phi) is 3.94. The first-order valence-electron chi connectivity index (χ1n) is 7.62. The second-order valence-corrected chi connectivity index (χ2v) is 5.96. The SMILES string of the molecule is Cc1ccc2nnc(C#N)c(Nc3ccc(C(C)C)cc3)c2c1. The van der Waals surface area contributed by atoms with E-state index in [0.29, 0.717) is 17.3 Å². The Morgan fingerprint density at radius 2 is 1.78 bits per heavy atom. The lowest BCUT2D eigenvalue weighted by Gasteiger charge is -2.12. The number of hydrogen-bond acceptors (Lipinski definition) is 4. The van der Waals surface area contributed by atoms with Gasteiger partial charge in [-0.3, -0.25) is 0 Å². The van der Waals surface area contributed by atoms with E-state index in [9.17, 15) is 5.26 Å². The van der Waals surface area contributed by atoms with E-state index >= 15 is 0 Å². The number of benzene rings is 2. The van der Waals surface area contributed by atoms with Crippen LogP contribution >= 0.6 is 0 Å². The fraction of sp³-hybridized carbons (Fsp3) is 0.211. The lowest BCUT2D eigenvalue weighted by Crippen LogP contribution is -2.00. The van der Waals surface area contributed by atoms with Gasteiger partial charge in [-0.05, 0) is 42.7 Å². The largest absolute Gasteiger partial charge is 0.353 e. The van der Waals surface area contributed by atoms with Gasteiger partial charge in [0, 0.05) is 11.1 Å². The molecule has 1 heterocycles. The minimum absolute atomic E-state index is 0.302. The van der Waals surface area contributed by atoms with Crippen molar-refractivity contribution in [2.75, 3.05) is 5.32 Å². The molecule has 1 aromatic heterocycles. The van der Waals surface area contributed by atoms with Crippen molar-refractivity contribution >= 4 is 22.3 Å². The van der Waals surface area contributed by atoms with Gasteiger partial charge in [-0.15, -0.1) is 10.2 Å². The van der Waals surface area contributed by atoms with Gasteiger partial charge in [0.15, 0.2) is 5.69 Å². The Balaban J connectivity index is 2.07. The number of anilines is 2. The summed E-state index contributed by atoms with van der Waals surface area (Å²) in [4.78, 5) is 0. The number of rotatable bonds is 3. The van der Waals surface area contributed by atoms with Gasteiger partial charge in [0.1, 0.15) is 6.07 Å². The number of aryl methyl sites for hydroxylation is 1. The molecule has 0 saturated carbocycles. The number of nitrogens with zero attached hydrogens (tertiary/aromatic N) is 3. The maximum Gasteiger partial charge on any atom is 0.187 e. The van der Waals surface area contributed by atoms with E-state index < -0.39 is 0 Å².